The number of para-hydroxylation sites is 1. The van der Waals surface area contributed by atoms with Crippen LogP contribution in [0.1, 0.15) is 24.1 Å². The van der Waals surface area contributed by atoms with Crippen LogP contribution in [-0.4, -0.2) is 16.9 Å². The Kier molecular flexibility index (Phi) is 5.45. The number of nitrogens with one attached hydrogen (secondary N) is 3. The maximum atomic E-state index is 12.9. The highest BCUT2D eigenvalue weighted by Crippen LogP contribution is 2.34. The predicted octanol–water partition coefficient (Wildman–Crippen LogP) is 3.88. The fourth-order valence-electron chi connectivity index (χ4n) is 3.10. The molecular formula is C19H15F3N4O4. The molecule has 0 spiro atoms. The van der Waals surface area contributed by atoms with Gasteiger partial charge < -0.3 is 16.0 Å². The molecule has 3 rings (SSSR count). The summed E-state index contributed by atoms with van der Waals surface area (Å²) in [4.78, 5) is 35.6. The fraction of sp³-hybridized carbons (Fsp3) is 0.158. The summed E-state index contributed by atoms with van der Waals surface area (Å²) in [6.45, 7) is 1.42. The molecule has 1 aliphatic rings. The van der Waals surface area contributed by atoms with E-state index in [1.54, 1.807) is 0 Å². The van der Waals surface area contributed by atoms with Gasteiger partial charge >= 0.3 is 12.2 Å². The van der Waals surface area contributed by atoms with Gasteiger partial charge in [0.2, 0.25) is 0 Å². The van der Waals surface area contributed by atoms with Crippen LogP contribution >= 0.6 is 0 Å². The summed E-state index contributed by atoms with van der Waals surface area (Å²) in [7, 11) is 0. The van der Waals surface area contributed by atoms with Gasteiger partial charge in [-0.05, 0) is 31.2 Å². The number of anilines is 1. The first kappa shape index (κ1) is 20.8. The highest BCUT2D eigenvalue weighted by atomic mass is 19.4. The summed E-state index contributed by atoms with van der Waals surface area (Å²) in [5.41, 5.74) is -1.27. The number of carbonyl (C=O) groups is 2. The molecule has 30 heavy (non-hydrogen) atoms. The van der Waals surface area contributed by atoms with Gasteiger partial charge in [0.25, 0.3) is 11.6 Å². The third-order valence-corrected chi connectivity index (χ3v) is 4.41. The van der Waals surface area contributed by atoms with E-state index < -0.39 is 34.6 Å². The van der Waals surface area contributed by atoms with Crippen molar-refractivity contribution in [1.29, 1.82) is 0 Å². The van der Waals surface area contributed by atoms with Crippen LogP contribution in [0.15, 0.2) is 59.8 Å². The Labute approximate surface area is 167 Å². The Morgan fingerprint density at radius 1 is 1.17 bits per heavy atom. The minimum Gasteiger partial charge on any atom is -0.326 e. The molecule has 0 unspecified atom stereocenters. The molecule has 156 valence electrons. The molecule has 0 aromatic heterocycles. The number of hydrogen-bond donors (Lipinski definition) is 3. The molecule has 11 heteroatoms. The zero-order chi connectivity index (χ0) is 22.1. The SMILES string of the molecule is CC1=C(C(=O)Nc2cccc(C(F)(F)F)c2)[C@@H](c2ccccc2[N+](=O)[O-])NC(=O)N1. The zero-order valence-electron chi connectivity index (χ0n) is 15.4. The topological polar surface area (TPSA) is 113 Å². The molecular weight excluding hydrogens is 405 g/mol. The fourth-order valence-corrected chi connectivity index (χ4v) is 3.10. The van der Waals surface area contributed by atoms with Crippen molar-refractivity contribution in [2.75, 3.05) is 5.32 Å². The Bertz CT molecular complexity index is 1070. The number of carbonyl (C=O) groups excluding carboxylic acids is 2. The summed E-state index contributed by atoms with van der Waals surface area (Å²) in [5.74, 6) is -0.817. The van der Waals surface area contributed by atoms with Gasteiger partial charge in [0.15, 0.2) is 0 Å². The minimum absolute atomic E-state index is 0.0610. The molecule has 1 heterocycles. The van der Waals surface area contributed by atoms with Crippen LogP contribution in [0, 0.1) is 10.1 Å². The van der Waals surface area contributed by atoms with E-state index in [4.69, 9.17) is 0 Å². The number of allylic oxidation sites excluding steroid dienone is 1. The first-order chi connectivity index (χ1) is 14.1. The highest BCUT2D eigenvalue weighted by Gasteiger charge is 2.35. The summed E-state index contributed by atoms with van der Waals surface area (Å²) in [6, 6.07) is 7.74. The van der Waals surface area contributed by atoms with Gasteiger partial charge in [0, 0.05) is 17.5 Å². The van der Waals surface area contributed by atoms with Crippen molar-refractivity contribution in [2.45, 2.75) is 19.1 Å². The van der Waals surface area contributed by atoms with Crippen LogP contribution in [0.5, 0.6) is 0 Å². The van der Waals surface area contributed by atoms with E-state index >= 15 is 0 Å². The third-order valence-electron chi connectivity index (χ3n) is 4.41. The molecule has 3 N–H and O–H groups in total. The molecule has 1 atom stereocenters. The van der Waals surface area contributed by atoms with Crippen LogP contribution < -0.4 is 16.0 Å². The molecule has 3 amide bonds. The Balaban J connectivity index is 2.00. The van der Waals surface area contributed by atoms with Crippen LogP contribution in [-0.2, 0) is 11.0 Å². The Morgan fingerprint density at radius 3 is 2.53 bits per heavy atom. The van der Waals surface area contributed by atoms with Crippen molar-refractivity contribution in [3.63, 3.8) is 0 Å². The van der Waals surface area contributed by atoms with E-state index in [1.165, 1.54) is 37.3 Å². The molecule has 1 aliphatic heterocycles. The Hall–Kier alpha value is -3.89. The van der Waals surface area contributed by atoms with Crippen LogP contribution in [0.2, 0.25) is 0 Å². The minimum atomic E-state index is -4.59. The highest BCUT2D eigenvalue weighted by molar-refractivity contribution is 6.07. The van der Waals surface area contributed by atoms with E-state index in [-0.39, 0.29) is 28.2 Å². The number of rotatable bonds is 4. The van der Waals surface area contributed by atoms with Gasteiger partial charge in [0.05, 0.1) is 27.7 Å². The van der Waals surface area contributed by atoms with Gasteiger partial charge in [0.1, 0.15) is 0 Å². The summed E-state index contributed by atoms with van der Waals surface area (Å²) in [5, 5.41) is 18.6. The lowest BCUT2D eigenvalue weighted by Gasteiger charge is -2.28. The maximum absolute atomic E-state index is 12.9. The number of alkyl halides is 3. The molecule has 0 saturated heterocycles. The van der Waals surface area contributed by atoms with Crippen LogP contribution in [0.25, 0.3) is 0 Å². The van der Waals surface area contributed by atoms with Gasteiger partial charge in [-0.2, -0.15) is 13.2 Å². The zero-order valence-corrected chi connectivity index (χ0v) is 15.4. The van der Waals surface area contributed by atoms with E-state index in [2.05, 4.69) is 16.0 Å². The second-order valence-corrected chi connectivity index (χ2v) is 6.42. The second kappa shape index (κ2) is 7.85. The number of halogens is 3. The number of nitro groups is 1. The predicted molar refractivity (Wildman–Crippen MR) is 100 cm³/mol. The van der Waals surface area contributed by atoms with Gasteiger partial charge in [-0.1, -0.05) is 18.2 Å². The number of hydrogen-bond acceptors (Lipinski definition) is 4. The lowest BCUT2D eigenvalue weighted by molar-refractivity contribution is -0.385. The van der Waals surface area contributed by atoms with E-state index in [9.17, 15) is 32.9 Å². The molecule has 0 aliphatic carbocycles. The standard InChI is InChI=1S/C19H15F3N4O4/c1-10-15(17(27)24-12-6-4-5-11(9-12)19(20,21)22)16(25-18(28)23-10)13-7-2-3-8-14(13)26(29)30/h2-9,16H,1H3,(H,24,27)(H2,23,25,28)/t16-/m1/s1. The molecule has 8 nitrogen and oxygen atoms in total. The van der Waals surface area contributed by atoms with Gasteiger partial charge in [-0.15, -0.1) is 0 Å². The van der Waals surface area contributed by atoms with Crippen LogP contribution in [0.3, 0.4) is 0 Å². The average molecular weight is 420 g/mol. The van der Waals surface area contributed by atoms with Crippen molar-refractivity contribution in [1.82, 2.24) is 10.6 Å². The number of urea groups is 1. The largest absolute Gasteiger partial charge is 0.416 e. The summed E-state index contributed by atoms with van der Waals surface area (Å²) >= 11 is 0. The van der Waals surface area contributed by atoms with Crippen molar-refractivity contribution < 1.29 is 27.7 Å². The first-order valence-electron chi connectivity index (χ1n) is 8.58. The molecule has 2 aromatic carbocycles. The molecule has 0 bridgehead atoms. The first-order valence-corrected chi connectivity index (χ1v) is 8.58. The van der Waals surface area contributed by atoms with Gasteiger partial charge in [-0.25, -0.2) is 4.79 Å². The number of benzene rings is 2. The van der Waals surface area contributed by atoms with Gasteiger partial charge in [-0.3, -0.25) is 14.9 Å². The monoisotopic (exact) mass is 420 g/mol. The average Bonchev–Trinajstić information content (AvgIpc) is 2.66. The quantitative estimate of drug-likeness (QED) is 0.515. The van der Waals surface area contributed by atoms with Crippen molar-refractivity contribution >= 4 is 23.3 Å². The smallest absolute Gasteiger partial charge is 0.326 e. The Morgan fingerprint density at radius 2 is 1.87 bits per heavy atom. The molecule has 0 radical (unpaired) electrons. The number of nitro benzene ring substituents is 1. The molecule has 0 fully saturated rings. The lowest BCUT2D eigenvalue weighted by Crippen LogP contribution is -2.46. The van der Waals surface area contributed by atoms with E-state index in [1.807, 2.05) is 0 Å². The van der Waals surface area contributed by atoms with Crippen molar-refractivity contribution in [3.8, 4) is 0 Å². The molecule has 0 saturated carbocycles. The summed E-state index contributed by atoms with van der Waals surface area (Å²) < 4.78 is 38.8. The third kappa shape index (κ3) is 4.24. The normalized spacial score (nSPS) is 16.5. The lowest BCUT2D eigenvalue weighted by atomic mass is 9.93. The number of amides is 3. The van der Waals surface area contributed by atoms with E-state index in [0.717, 1.165) is 18.2 Å². The molecule has 2 aromatic rings. The van der Waals surface area contributed by atoms with Crippen molar-refractivity contribution in [2.24, 2.45) is 0 Å². The van der Waals surface area contributed by atoms with Crippen molar-refractivity contribution in [3.05, 3.63) is 81.0 Å². The van der Waals surface area contributed by atoms with Crippen LogP contribution in [0.4, 0.5) is 29.3 Å². The number of nitrogens with zero attached hydrogens (tertiary/aromatic N) is 1. The maximum Gasteiger partial charge on any atom is 0.416 e. The second-order valence-electron chi connectivity index (χ2n) is 6.42. The summed E-state index contributed by atoms with van der Waals surface area (Å²) in [6.07, 6.45) is -4.59. The van der Waals surface area contributed by atoms with E-state index in [0.29, 0.717) is 0 Å².